The van der Waals surface area contributed by atoms with Gasteiger partial charge in [0.25, 0.3) is 0 Å². The highest BCUT2D eigenvalue weighted by Crippen LogP contribution is 2.72. The number of fused-ring (bicyclic) bond motifs is 24. The van der Waals surface area contributed by atoms with E-state index >= 15 is 0 Å². The Morgan fingerprint density at radius 2 is 0.752 bits per heavy atom. The number of piperidine rings is 3. The number of rotatable bonds is 9. The Morgan fingerprint density at radius 3 is 1.14 bits per heavy atom. The van der Waals surface area contributed by atoms with E-state index in [0.29, 0.717) is 147 Å². The second-order valence-corrected chi connectivity index (χ2v) is 57.9. The molecule has 40 atom stereocenters. The molecule has 13 saturated carbocycles. The molecule has 4 spiro atoms. The van der Waals surface area contributed by atoms with E-state index in [4.69, 9.17) is 18.9 Å². The third kappa shape index (κ3) is 18.3. The second-order valence-electron chi connectivity index (χ2n) is 57.9. The number of nitrogens with zero attached hydrogens (tertiary/aromatic N) is 5. The highest BCUT2D eigenvalue weighted by atomic mass is 16.5. The highest BCUT2D eigenvalue weighted by Gasteiger charge is 2.68. The summed E-state index contributed by atoms with van der Waals surface area (Å²) in [5.41, 5.74) is 15.7. The van der Waals surface area contributed by atoms with Crippen LogP contribution < -0.4 is 0 Å². The zero-order valence-corrected chi connectivity index (χ0v) is 93.5. The van der Waals surface area contributed by atoms with Crippen molar-refractivity contribution in [1.82, 2.24) is 24.5 Å². The summed E-state index contributed by atoms with van der Waals surface area (Å²) in [6.45, 7) is 54.4. The lowest BCUT2D eigenvalue weighted by Crippen LogP contribution is -2.53. The van der Waals surface area contributed by atoms with Gasteiger partial charge in [-0.1, -0.05) is 135 Å². The molecule has 20 fully saturated rings. The van der Waals surface area contributed by atoms with E-state index in [2.05, 4.69) is 165 Å². The molecule has 0 aromatic heterocycles. The first kappa shape index (κ1) is 104. The van der Waals surface area contributed by atoms with Gasteiger partial charge >= 0.3 is 0 Å². The predicted molar refractivity (Wildman–Crippen MR) is 568 cm³/mol. The van der Waals surface area contributed by atoms with Crippen LogP contribution in [0.25, 0.3) is 0 Å². The van der Waals surface area contributed by atoms with Crippen molar-refractivity contribution in [3.05, 3.63) is 44.6 Å². The molecule has 0 radical (unpaired) electrons. The fourth-order valence-corrected chi connectivity index (χ4v) is 42.3. The Bertz CT molecular complexity index is 4790. The first-order valence-corrected chi connectivity index (χ1v) is 60.7. The summed E-state index contributed by atoms with van der Waals surface area (Å²) < 4.78 is 28.8. The molecule has 788 valence electrons. The van der Waals surface area contributed by atoms with E-state index in [0.717, 1.165) is 230 Å². The molecule has 141 heavy (non-hydrogen) atoms. The number of hydrogen-bond donors (Lipinski definition) is 0. The van der Waals surface area contributed by atoms with Crippen molar-refractivity contribution >= 4 is 29.0 Å². The monoisotopic (exact) mass is 1940 g/mol. The van der Waals surface area contributed by atoms with Gasteiger partial charge in [0, 0.05) is 147 Å². The SMILES string of the molecule is CC1=C2C[C@H]3[C@@H](CC[C@@H]4CC(=O)CC[C@@]43C)[C@@H]2CC[C@@]2(C1)O[C@@H]1C[C@H](C)CC(C)[C@H]1[C@H]2C.CC1=C2C[C@H]3[C@@H](CC[C@@H]4CC(=O)CC[C@@]43C)[C@@H]2CC[C@@]2(C1)O[C@@H]1C[C@H](C)CN(CCN(C)C)[C@H]1[C@H]2C.CC1=C2C[C@H]3[C@@H](CC[C@@H]4CC(=O)CC[C@@]43C)[C@@H]2CC[C@]2(C1)C[C@H]1[C@@H](C[C@H](C)CN1C(C)C)O2.CCCC(=O)N(C)CCN1C[C@@H](C)C[C@H]2O[C@]3(CC[C@@H]4C(=C(C)C3)C[C@H]3[C@H]4CC[C@@H]4CC(=O)CC[C@@]43C)[C@H](C)[C@@H]21. The van der Waals surface area contributed by atoms with Crippen molar-refractivity contribution in [1.29, 1.82) is 0 Å². The molecule has 17 aliphatic carbocycles. The molecule has 0 aromatic carbocycles. The van der Waals surface area contributed by atoms with Crippen LogP contribution in [0.5, 0.6) is 0 Å². The van der Waals surface area contributed by atoms with Crippen LogP contribution in [0.3, 0.4) is 0 Å². The molecule has 7 heterocycles. The maximum absolute atomic E-state index is 12.5. The highest BCUT2D eigenvalue weighted by molar-refractivity contribution is 5.81. The number of amides is 1. The maximum atomic E-state index is 12.5. The van der Waals surface area contributed by atoms with Gasteiger partial charge in [-0.3, -0.25) is 38.7 Å². The minimum atomic E-state index is -0.0448. The third-order valence-electron chi connectivity index (χ3n) is 49.7. The lowest BCUT2D eigenvalue weighted by molar-refractivity contribution is -0.131. The van der Waals surface area contributed by atoms with Crippen molar-refractivity contribution in [3.8, 4) is 0 Å². The first-order valence-electron chi connectivity index (χ1n) is 60.7. The van der Waals surface area contributed by atoms with E-state index in [-0.39, 0.29) is 28.3 Å². The molecule has 24 rings (SSSR count). The number of carbonyl (C=O) groups excluding carboxylic acids is 5. The van der Waals surface area contributed by atoms with Crippen molar-refractivity contribution < 1.29 is 42.9 Å². The minimum Gasteiger partial charge on any atom is -0.371 e. The zero-order chi connectivity index (χ0) is 99.3. The molecule has 24 aliphatic rings. The van der Waals surface area contributed by atoms with Gasteiger partial charge in [0.15, 0.2) is 0 Å². The van der Waals surface area contributed by atoms with E-state index in [9.17, 15) is 24.0 Å². The second kappa shape index (κ2) is 39.5. The number of Topliss-reactive ketones (excluding diaryl/α,β-unsaturated/α-hetero) is 4. The third-order valence-corrected chi connectivity index (χ3v) is 49.7. The molecule has 1 unspecified atom stereocenters. The maximum Gasteiger partial charge on any atom is 0.222 e. The summed E-state index contributed by atoms with van der Waals surface area (Å²) in [5, 5.41) is 0. The Labute approximate surface area is 857 Å². The minimum absolute atomic E-state index is 0.0328. The molecule has 14 nitrogen and oxygen atoms in total. The van der Waals surface area contributed by atoms with Gasteiger partial charge in [-0.2, -0.15) is 0 Å². The van der Waals surface area contributed by atoms with Crippen LogP contribution in [0.4, 0.5) is 0 Å². The number of ether oxygens (including phenoxy) is 4. The van der Waals surface area contributed by atoms with Crippen LogP contribution in [-0.2, 0) is 42.9 Å². The number of allylic oxidation sites excluding steroid dienone is 4. The molecule has 7 aliphatic heterocycles. The molecule has 7 saturated heterocycles. The normalized spacial score (nSPS) is 49.6. The Balaban J connectivity index is 0.000000112. The largest absolute Gasteiger partial charge is 0.371 e. The number of likely N-dealkylation sites (N-methyl/N-ethyl adjacent to an activating group) is 2. The van der Waals surface area contributed by atoms with Gasteiger partial charge in [-0.25, -0.2) is 0 Å². The van der Waals surface area contributed by atoms with Gasteiger partial charge in [-0.05, 0) is 438 Å². The fourth-order valence-electron chi connectivity index (χ4n) is 42.3. The number of hydrogen-bond acceptors (Lipinski definition) is 13. The molecular weight excluding hydrogens is 1740 g/mol. The summed E-state index contributed by atoms with van der Waals surface area (Å²) >= 11 is 0. The van der Waals surface area contributed by atoms with Crippen molar-refractivity contribution in [2.75, 3.05) is 67.0 Å². The van der Waals surface area contributed by atoms with Crippen molar-refractivity contribution in [2.24, 2.45) is 170 Å². The topological polar surface area (TPSA) is 138 Å². The number of ketones is 4. The standard InChI is InChI=1S/C35H56N2O3.C32H52N2O2.C30H47NO2.C30H46O2/c1-7-8-32(39)36(6)15-16-37-21-22(2)17-31-33(37)24(4)35(40-31)14-12-27-28-10-9-25-18-26(38)11-13-34(25,5)30(28)19-29(27)23(3)20-35;1-20-15-29-30(34(19-20)14-13-33(5)6)22(3)32(36-29)12-10-25-26-8-7-23-16-24(35)9-11-31(23,4)28(26)17-27(25)21(2)18-32;1-18(2)31-17-19(3)12-28-27(31)16-30(33-28)11-9-23-24-7-6-21-13-22(32)8-10-29(21,5)26(24)14-25(23)20(4)15-30;1-17-12-18(2)28-20(4)30(32-27(28)13-17)11-9-23-24-7-6-21-14-22(31)8-10-29(21,5)26(24)15-25(23)19(3)16-30/h22,24-25,27-28,30-31,33H,7-21H2,1-6H3;20,22-23,25-26,28-30H,7-19H2,1-6H3;18-19,21,23-24,26-28H,6-17H2,1-5H3;17-18,20-21,23-24,26-28H,6-16H2,1-5H3/t22-,24+,25+,27-,28-,30-,31+,33-,34-,35-;20-,22+,23+,25-,26-,28-,29+,30-,31-,32-;19-,21+,23-,24-,26-,27-,28+,29-,30-;17-,18?,20-,21-,23+,24+,26+,27-,28+,29+,30+/m0001/s1. The van der Waals surface area contributed by atoms with Crippen LogP contribution in [0.15, 0.2) is 44.6 Å². The Kier molecular flexibility index (Phi) is 29.0. The number of likely N-dealkylation sites (tertiary alicyclic amines) is 3. The van der Waals surface area contributed by atoms with Crippen LogP contribution in [0.1, 0.15) is 414 Å². The van der Waals surface area contributed by atoms with E-state index in [1.807, 2.05) is 28.7 Å². The van der Waals surface area contributed by atoms with Gasteiger partial charge < -0.3 is 28.7 Å². The summed E-state index contributed by atoms with van der Waals surface area (Å²) in [6.07, 6.45) is 52.7. The molecular formula is C127H201N5O9. The lowest BCUT2D eigenvalue weighted by atomic mass is 9.52. The fraction of sp³-hybridized carbons (Fsp3) is 0.898. The summed E-state index contributed by atoms with van der Waals surface area (Å²) in [7, 11) is 6.38. The lowest BCUT2D eigenvalue weighted by Gasteiger charge is -2.52. The average Bonchev–Trinajstić information content (AvgIpc) is 1.56. The van der Waals surface area contributed by atoms with E-state index in [1.165, 1.54) is 193 Å². The van der Waals surface area contributed by atoms with E-state index in [1.54, 1.807) is 27.9 Å². The van der Waals surface area contributed by atoms with Gasteiger partial charge in [0.05, 0.1) is 46.8 Å². The summed E-state index contributed by atoms with van der Waals surface area (Å²) in [5.74, 6) is 20.9. The molecule has 0 bridgehead atoms. The predicted octanol–water partition coefficient (Wildman–Crippen LogP) is 26.5. The van der Waals surface area contributed by atoms with E-state index < -0.39 is 0 Å². The smallest absolute Gasteiger partial charge is 0.222 e. The first-order chi connectivity index (χ1) is 67.1. The average molecular weight is 1940 g/mol. The van der Waals surface area contributed by atoms with Crippen molar-refractivity contribution in [2.45, 2.75) is 485 Å². The van der Waals surface area contributed by atoms with Crippen LogP contribution in [0.2, 0.25) is 0 Å². The van der Waals surface area contributed by atoms with Crippen LogP contribution >= 0.6 is 0 Å². The van der Waals surface area contributed by atoms with Crippen LogP contribution in [0, 0.1) is 170 Å². The summed E-state index contributed by atoms with van der Waals surface area (Å²) in [6, 6.07) is 2.28. The van der Waals surface area contributed by atoms with Gasteiger partial charge in [-0.15, -0.1) is 0 Å². The van der Waals surface area contributed by atoms with Crippen LogP contribution in [-0.4, -0.2) is 191 Å². The Hall–Kier alpha value is -3.21. The number of carbonyl (C=O) groups is 5. The molecule has 0 aromatic rings. The zero-order valence-electron chi connectivity index (χ0n) is 93.5. The molecule has 14 heteroatoms. The molecule has 1 amide bonds. The quantitative estimate of drug-likeness (QED) is 0.203. The summed E-state index contributed by atoms with van der Waals surface area (Å²) in [4.78, 5) is 74.0. The molecule has 0 N–H and O–H groups in total. The Morgan fingerprint density at radius 1 is 0.397 bits per heavy atom. The van der Waals surface area contributed by atoms with Gasteiger partial charge in [0.2, 0.25) is 5.91 Å². The van der Waals surface area contributed by atoms with Crippen molar-refractivity contribution in [3.63, 3.8) is 0 Å². The van der Waals surface area contributed by atoms with Gasteiger partial charge in [0.1, 0.15) is 23.1 Å².